The summed E-state index contributed by atoms with van der Waals surface area (Å²) in [4.78, 5) is 11.9. The first kappa shape index (κ1) is 13.1. The first-order valence-corrected chi connectivity index (χ1v) is 5.75. The molecule has 1 amide bonds. The molecule has 0 radical (unpaired) electrons. The standard InChI is InChI=1S/C14H8ClFN2O/c15-10-6-4-9(5-7-10)14(19)18-13-3-1-2-12(16)11(13)8-17/h1-7H,(H,18,19). The maximum Gasteiger partial charge on any atom is 0.255 e. The quantitative estimate of drug-likeness (QED) is 0.909. The minimum absolute atomic E-state index is 0.141. The van der Waals surface area contributed by atoms with Crippen LogP contribution in [0.1, 0.15) is 15.9 Å². The largest absolute Gasteiger partial charge is 0.321 e. The van der Waals surface area contributed by atoms with Gasteiger partial charge in [0.25, 0.3) is 5.91 Å². The van der Waals surface area contributed by atoms with E-state index in [-0.39, 0.29) is 11.3 Å². The Hall–Kier alpha value is -2.38. The number of anilines is 1. The molecule has 2 aromatic rings. The first-order chi connectivity index (χ1) is 9.11. The van der Waals surface area contributed by atoms with Crippen molar-refractivity contribution in [2.45, 2.75) is 0 Å². The zero-order valence-corrected chi connectivity index (χ0v) is 10.4. The maximum atomic E-state index is 13.4. The monoisotopic (exact) mass is 274 g/mol. The Kier molecular flexibility index (Phi) is 3.79. The summed E-state index contributed by atoms with van der Waals surface area (Å²) in [6.45, 7) is 0. The molecule has 2 aromatic carbocycles. The Labute approximate surface area is 114 Å². The van der Waals surface area contributed by atoms with Crippen LogP contribution in [0.25, 0.3) is 0 Å². The molecule has 0 aromatic heterocycles. The maximum absolute atomic E-state index is 13.4. The third kappa shape index (κ3) is 2.90. The number of nitrogens with one attached hydrogen (secondary N) is 1. The van der Waals surface area contributed by atoms with E-state index in [0.717, 1.165) is 6.07 Å². The van der Waals surface area contributed by atoms with Crippen LogP contribution in [0.3, 0.4) is 0 Å². The number of nitrogens with zero attached hydrogens (tertiary/aromatic N) is 1. The number of rotatable bonds is 2. The van der Waals surface area contributed by atoms with Gasteiger partial charge in [-0.1, -0.05) is 17.7 Å². The summed E-state index contributed by atoms with van der Waals surface area (Å²) >= 11 is 5.72. The highest BCUT2D eigenvalue weighted by Gasteiger charge is 2.11. The summed E-state index contributed by atoms with van der Waals surface area (Å²) in [5, 5.41) is 11.9. The number of hydrogen-bond donors (Lipinski definition) is 1. The average Bonchev–Trinajstić information content (AvgIpc) is 2.39. The summed E-state index contributed by atoms with van der Waals surface area (Å²) in [5.74, 6) is -1.10. The van der Waals surface area contributed by atoms with E-state index < -0.39 is 11.7 Å². The summed E-state index contributed by atoms with van der Waals surface area (Å²) in [6, 6.07) is 12.0. The summed E-state index contributed by atoms with van der Waals surface area (Å²) < 4.78 is 13.4. The molecule has 0 atom stereocenters. The lowest BCUT2D eigenvalue weighted by Crippen LogP contribution is -2.13. The Morgan fingerprint density at radius 3 is 2.53 bits per heavy atom. The van der Waals surface area contributed by atoms with E-state index in [1.807, 2.05) is 0 Å². The molecule has 0 saturated carbocycles. The van der Waals surface area contributed by atoms with Crippen molar-refractivity contribution in [3.05, 3.63) is 64.4 Å². The molecule has 19 heavy (non-hydrogen) atoms. The van der Waals surface area contributed by atoms with Gasteiger partial charge in [-0.05, 0) is 36.4 Å². The van der Waals surface area contributed by atoms with Crippen molar-refractivity contribution >= 4 is 23.2 Å². The molecule has 0 aliphatic carbocycles. The van der Waals surface area contributed by atoms with Gasteiger partial charge in [0.1, 0.15) is 17.4 Å². The van der Waals surface area contributed by atoms with Crippen LogP contribution in [-0.2, 0) is 0 Å². The highest BCUT2D eigenvalue weighted by atomic mass is 35.5. The second-order valence-corrected chi connectivity index (χ2v) is 4.17. The van der Waals surface area contributed by atoms with Gasteiger partial charge in [-0.3, -0.25) is 4.79 Å². The van der Waals surface area contributed by atoms with Gasteiger partial charge in [0, 0.05) is 10.6 Å². The molecular formula is C14H8ClFN2O. The smallest absolute Gasteiger partial charge is 0.255 e. The van der Waals surface area contributed by atoms with Crippen molar-refractivity contribution in [2.24, 2.45) is 0 Å². The Balaban J connectivity index is 2.27. The summed E-state index contributed by atoms with van der Waals surface area (Å²) in [7, 11) is 0. The molecule has 0 bridgehead atoms. The third-order valence-electron chi connectivity index (χ3n) is 2.48. The van der Waals surface area contributed by atoms with Gasteiger partial charge >= 0.3 is 0 Å². The molecule has 94 valence electrons. The molecule has 0 fully saturated rings. The highest BCUT2D eigenvalue weighted by molar-refractivity contribution is 6.30. The van der Waals surface area contributed by atoms with Gasteiger partial charge in [-0.15, -0.1) is 0 Å². The van der Waals surface area contributed by atoms with Gasteiger partial charge in [-0.2, -0.15) is 5.26 Å². The number of amides is 1. The summed E-state index contributed by atoms with van der Waals surface area (Å²) in [5.41, 5.74) is 0.324. The molecule has 3 nitrogen and oxygen atoms in total. The Morgan fingerprint density at radius 2 is 1.89 bits per heavy atom. The molecule has 1 N–H and O–H groups in total. The van der Waals surface area contributed by atoms with E-state index in [2.05, 4.69) is 5.32 Å². The van der Waals surface area contributed by atoms with Crippen molar-refractivity contribution in [3.63, 3.8) is 0 Å². The zero-order chi connectivity index (χ0) is 13.8. The fraction of sp³-hybridized carbons (Fsp3) is 0. The molecule has 0 heterocycles. The van der Waals surface area contributed by atoms with E-state index in [1.54, 1.807) is 30.3 Å². The molecular weight excluding hydrogens is 267 g/mol. The van der Waals surface area contributed by atoms with Crippen molar-refractivity contribution < 1.29 is 9.18 Å². The lowest BCUT2D eigenvalue weighted by Gasteiger charge is -2.07. The molecule has 0 spiro atoms. The van der Waals surface area contributed by atoms with Crippen LogP contribution in [0.4, 0.5) is 10.1 Å². The number of carbonyl (C=O) groups is 1. The number of benzene rings is 2. The number of hydrogen-bond acceptors (Lipinski definition) is 2. The van der Waals surface area contributed by atoms with Gasteiger partial charge < -0.3 is 5.32 Å². The van der Waals surface area contributed by atoms with Crippen molar-refractivity contribution in [1.29, 1.82) is 5.26 Å². The zero-order valence-electron chi connectivity index (χ0n) is 9.65. The average molecular weight is 275 g/mol. The van der Waals surface area contributed by atoms with Crippen LogP contribution < -0.4 is 5.32 Å². The van der Waals surface area contributed by atoms with Crippen molar-refractivity contribution in [1.82, 2.24) is 0 Å². The van der Waals surface area contributed by atoms with Crippen LogP contribution in [0.2, 0.25) is 5.02 Å². The predicted molar refractivity (Wildman–Crippen MR) is 70.5 cm³/mol. The number of nitriles is 1. The first-order valence-electron chi connectivity index (χ1n) is 5.37. The van der Waals surface area contributed by atoms with Gasteiger partial charge in [0.2, 0.25) is 0 Å². The number of carbonyl (C=O) groups excluding carboxylic acids is 1. The molecule has 2 rings (SSSR count). The van der Waals surface area contributed by atoms with E-state index >= 15 is 0 Å². The minimum atomic E-state index is -0.670. The van der Waals surface area contributed by atoms with Crippen LogP contribution in [0.15, 0.2) is 42.5 Å². The lowest BCUT2D eigenvalue weighted by atomic mass is 10.1. The molecule has 0 aliphatic heterocycles. The second kappa shape index (κ2) is 5.51. The molecule has 5 heteroatoms. The fourth-order valence-corrected chi connectivity index (χ4v) is 1.66. The highest BCUT2D eigenvalue weighted by Crippen LogP contribution is 2.19. The van der Waals surface area contributed by atoms with Crippen LogP contribution in [0, 0.1) is 17.1 Å². The topological polar surface area (TPSA) is 52.9 Å². The Morgan fingerprint density at radius 1 is 1.21 bits per heavy atom. The van der Waals surface area contributed by atoms with Gasteiger partial charge in [0.15, 0.2) is 0 Å². The van der Waals surface area contributed by atoms with E-state index in [9.17, 15) is 9.18 Å². The predicted octanol–water partition coefficient (Wildman–Crippen LogP) is 3.60. The van der Waals surface area contributed by atoms with Gasteiger partial charge in [-0.25, -0.2) is 4.39 Å². The van der Waals surface area contributed by atoms with Crippen LogP contribution in [0.5, 0.6) is 0 Å². The minimum Gasteiger partial charge on any atom is -0.321 e. The molecule has 0 unspecified atom stereocenters. The van der Waals surface area contributed by atoms with E-state index in [1.165, 1.54) is 12.1 Å². The Bertz CT molecular complexity index is 662. The van der Waals surface area contributed by atoms with Crippen LogP contribution in [-0.4, -0.2) is 5.91 Å². The molecule has 0 saturated heterocycles. The van der Waals surface area contributed by atoms with Crippen molar-refractivity contribution in [2.75, 3.05) is 5.32 Å². The van der Waals surface area contributed by atoms with E-state index in [4.69, 9.17) is 16.9 Å². The number of halogens is 2. The van der Waals surface area contributed by atoms with Crippen molar-refractivity contribution in [3.8, 4) is 6.07 Å². The normalized spacial score (nSPS) is 9.74. The second-order valence-electron chi connectivity index (χ2n) is 3.74. The van der Waals surface area contributed by atoms with E-state index in [0.29, 0.717) is 10.6 Å². The third-order valence-corrected chi connectivity index (χ3v) is 2.73. The fourth-order valence-electron chi connectivity index (χ4n) is 1.54. The lowest BCUT2D eigenvalue weighted by molar-refractivity contribution is 0.102. The van der Waals surface area contributed by atoms with Gasteiger partial charge in [0.05, 0.1) is 5.69 Å². The SMILES string of the molecule is N#Cc1c(F)cccc1NC(=O)c1ccc(Cl)cc1. The van der Waals surface area contributed by atoms with Crippen LogP contribution >= 0.6 is 11.6 Å². The molecule has 0 aliphatic rings. The summed E-state index contributed by atoms with van der Waals surface area (Å²) in [6.07, 6.45) is 0.